The van der Waals surface area contributed by atoms with Crippen molar-refractivity contribution in [3.8, 4) is 0 Å². The molecule has 0 radical (unpaired) electrons. The van der Waals surface area contributed by atoms with E-state index in [-0.39, 0.29) is 18.0 Å². The van der Waals surface area contributed by atoms with Gasteiger partial charge in [0.05, 0.1) is 13.2 Å². The van der Waals surface area contributed by atoms with Crippen LogP contribution < -0.4 is 4.72 Å². The number of sulfonamides is 1. The highest BCUT2D eigenvalue weighted by atomic mass is 32.2. The summed E-state index contributed by atoms with van der Waals surface area (Å²) in [5.74, 6) is -0.573. The van der Waals surface area contributed by atoms with Crippen LogP contribution in [0.2, 0.25) is 0 Å². The number of morpholine rings is 1. The first-order valence-corrected chi connectivity index (χ1v) is 11.9. The van der Waals surface area contributed by atoms with Crippen LogP contribution in [0.15, 0.2) is 35.7 Å². The quantitative estimate of drug-likeness (QED) is 0.626. The van der Waals surface area contributed by atoms with Gasteiger partial charge in [0.15, 0.2) is 0 Å². The van der Waals surface area contributed by atoms with Crippen LogP contribution in [0.4, 0.5) is 4.39 Å². The molecule has 0 saturated carbocycles. The zero-order valence-electron chi connectivity index (χ0n) is 17.2. The first-order chi connectivity index (χ1) is 14.4. The van der Waals surface area contributed by atoms with Crippen LogP contribution in [0.5, 0.6) is 0 Å². The van der Waals surface area contributed by atoms with Crippen molar-refractivity contribution < 1.29 is 22.3 Å². The van der Waals surface area contributed by atoms with Crippen LogP contribution in [0.25, 0.3) is 0 Å². The van der Waals surface area contributed by atoms with E-state index >= 15 is 0 Å². The van der Waals surface area contributed by atoms with Gasteiger partial charge in [0.25, 0.3) is 5.91 Å². The van der Waals surface area contributed by atoms with Gasteiger partial charge in [0.1, 0.15) is 10.7 Å². The summed E-state index contributed by atoms with van der Waals surface area (Å²) in [6, 6.07) is 3.49. The van der Waals surface area contributed by atoms with E-state index < -0.39 is 20.7 Å². The van der Waals surface area contributed by atoms with E-state index in [4.69, 9.17) is 4.74 Å². The molecule has 166 valence electrons. The lowest BCUT2D eigenvalue weighted by Gasteiger charge is -2.34. The van der Waals surface area contributed by atoms with Gasteiger partial charge in [-0.2, -0.15) is 0 Å². The Labute approximate surface area is 177 Å². The molecule has 3 rings (SSSR count). The van der Waals surface area contributed by atoms with E-state index in [9.17, 15) is 17.6 Å². The van der Waals surface area contributed by atoms with Crippen molar-refractivity contribution in [1.82, 2.24) is 14.5 Å². The third-order valence-corrected chi connectivity index (χ3v) is 7.18. The fraction of sp³-hybridized carbons (Fsp3) is 0.571. The Kier molecular flexibility index (Phi) is 7.99. The van der Waals surface area contributed by atoms with E-state index in [0.29, 0.717) is 19.0 Å². The first kappa shape index (κ1) is 22.9. The van der Waals surface area contributed by atoms with Gasteiger partial charge in [-0.1, -0.05) is 6.08 Å². The average molecular weight is 440 g/mol. The molecule has 2 heterocycles. The monoisotopic (exact) mass is 439 g/mol. The van der Waals surface area contributed by atoms with Crippen LogP contribution >= 0.6 is 0 Å². The number of hydrogen-bond donors (Lipinski definition) is 1. The lowest BCUT2D eigenvalue weighted by atomic mass is 9.93. The van der Waals surface area contributed by atoms with Gasteiger partial charge in [-0.25, -0.2) is 17.5 Å². The van der Waals surface area contributed by atoms with Crippen LogP contribution in [0.3, 0.4) is 0 Å². The summed E-state index contributed by atoms with van der Waals surface area (Å²) in [5, 5.41) is 0. The predicted molar refractivity (Wildman–Crippen MR) is 112 cm³/mol. The highest BCUT2D eigenvalue weighted by molar-refractivity contribution is 7.89. The minimum atomic E-state index is -4.05. The maximum absolute atomic E-state index is 14.1. The number of halogens is 1. The maximum Gasteiger partial charge on any atom is 0.253 e. The van der Waals surface area contributed by atoms with Crippen molar-refractivity contribution in [2.75, 3.05) is 52.5 Å². The fourth-order valence-corrected chi connectivity index (χ4v) is 4.99. The Balaban J connectivity index is 1.57. The van der Waals surface area contributed by atoms with E-state index in [1.165, 1.54) is 12.1 Å². The molecule has 2 aliphatic rings. The van der Waals surface area contributed by atoms with Crippen LogP contribution in [0.1, 0.15) is 29.6 Å². The second-order valence-corrected chi connectivity index (χ2v) is 9.50. The third-order valence-electron chi connectivity index (χ3n) is 5.74. The third kappa shape index (κ3) is 5.87. The Morgan fingerprint density at radius 3 is 2.60 bits per heavy atom. The van der Waals surface area contributed by atoms with Crippen LogP contribution in [0, 0.1) is 11.7 Å². The van der Waals surface area contributed by atoms with Gasteiger partial charge < -0.3 is 9.64 Å². The Morgan fingerprint density at radius 2 is 1.93 bits per heavy atom. The summed E-state index contributed by atoms with van der Waals surface area (Å²) < 4.78 is 46.3. The molecule has 0 atom stereocenters. The van der Waals surface area contributed by atoms with Gasteiger partial charge in [-0.05, 0) is 49.9 Å². The molecule has 30 heavy (non-hydrogen) atoms. The number of likely N-dealkylation sites (tertiary alicyclic amines) is 1. The molecule has 0 bridgehead atoms. The SMILES string of the molecule is C=CCNS(=O)(=O)c1cc(C(=O)N2CCC(CCN3CCOCC3)CC2)ccc1F. The molecule has 0 aromatic heterocycles. The Morgan fingerprint density at radius 1 is 1.23 bits per heavy atom. The Hall–Kier alpha value is -1.81. The minimum Gasteiger partial charge on any atom is -0.379 e. The Bertz CT molecular complexity index is 848. The molecule has 1 amide bonds. The van der Waals surface area contributed by atoms with E-state index in [1.54, 1.807) is 4.90 Å². The topological polar surface area (TPSA) is 79.0 Å². The van der Waals surface area contributed by atoms with Crippen molar-refractivity contribution >= 4 is 15.9 Å². The first-order valence-electron chi connectivity index (χ1n) is 10.4. The molecule has 1 aromatic rings. The maximum atomic E-state index is 14.1. The summed E-state index contributed by atoms with van der Waals surface area (Å²) in [5.41, 5.74) is 0.183. The number of ether oxygens (including phenoxy) is 1. The van der Waals surface area contributed by atoms with E-state index in [1.807, 2.05) is 0 Å². The van der Waals surface area contributed by atoms with Crippen molar-refractivity contribution in [3.63, 3.8) is 0 Å². The molecule has 0 unspecified atom stereocenters. The molecular formula is C21H30FN3O4S. The molecule has 9 heteroatoms. The standard InChI is InChI=1S/C21H30FN3O4S/c1-2-8-23-30(27,28)20-16-18(3-4-19(20)22)21(26)25-10-6-17(7-11-25)5-9-24-12-14-29-15-13-24/h2-4,16-17,23H,1,5-15H2. The highest BCUT2D eigenvalue weighted by Crippen LogP contribution is 2.24. The molecule has 0 aliphatic carbocycles. The summed E-state index contributed by atoms with van der Waals surface area (Å²) in [6.07, 6.45) is 4.32. The van der Waals surface area contributed by atoms with Gasteiger partial charge >= 0.3 is 0 Å². The van der Waals surface area contributed by atoms with Crippen molar-refractivity contribution in [2.24, 2.45) is 5.92 Å². The van der Waals surface area contributed by atoms with Crippen LogP contribution in [-0.2, 0) is 14.8 Å². The number of benzene rings is 1. The molecule has 2 fully saturated rings. The van der Waals surface area contributed by atoms with Gasteiger partial charge in [-0.15, -0.1) is 6.58 Å². The van der Waals surface area contributed by atoms with Crippen LogP contribution in [-0.4, -0.2) is 76.6 Å². The zero-order chi connectivity index (χ0) is 21.6. The summed E-state index contributed by atoms with van der Waals surface area (Å²) in [6.45, 7) is 9.29. The zero-order valence-corrected chi connectivity index (χ0v) is 18.0. The molecule has 0 spiro atoms. The number of rotatable bonds is 8. The largest absolute Gasteiger partial charge is 0.379 e. The molecule has 1 aromatic carbocycles. The van der Waals surface area contributed by atoms with E-state index in [2.05, 4.69) is 16.2 Å². The average Bonchev–Trinajstić information content (AvgIpc) is 2.77. The van der Waals surface area contributed by atoms with Crippen molar-refractivity contribution in [2.45, 2.75) is 24.2 Å². The second kappa shape index (κ2) is 10.5. The van der Waals surface area contributed by atoms with E-state index in [0.717, 1.165) is 64.2 Å². The number of carbonyl (C=O) groups is 1. The number of carbonyl (C=O) groups excluding carboxylic acids is 1. The van der Waals surface area contributed by atoms with Gasteiger partial charge in [0, 0.05) is 38.3 Å². The lowest BCUT2D eigenvalue weighted by molar-refractivity contribution is 0.0332. The smallest absolute Gasteiger partial charge is 0.253 e. The molecule has 2 saturated heterocycles. The summed E-state index contributed by atoms with van der Waals surface area (Å²) in [7, 11) is -4.05. The highest BCUT2D eigenvalue weighted by Gasteiger charge is 2.26. The second-order valence-electron chi connectivity index (χ2n) is 7.76. The number of piperidine rings is 1. The predicted octanol–water partition coefficient (Wildman–Crippen LogP) is 1.86. The van der Waals surface area contributed by atoms with Crippen molar-refractivity contribution in [3.05, 3.63) is 42.2 Å². The molecular weight excluding hydrogens is 409 g/mol. The minimum absolute atomic E-state index is 0.0160. The number of nitrogens with zero attached hydrogens (tertiary/aromatic N) is 2. The molecule has 2 aliphatic heterocycles. The number of amides is 1. The fourth-order valence-electron chi connectivity index (χ4n) is 3.89. The number of hydrogen-bond acceptors (Lipinski definition) is 5. The molecule has 1 N–H and O–H groups in total. The summed E-state index contributed by atoms with van der Waals surface area (Å²) >= 11 is 0. The number of nitrogens with one attached hydrogen (secondary N) is 1. The normalized spacial score (nSPS) is 19.0. The lowest BCUT2D eigenvalue weighted by Crippen LogP contribution is -2.41. The van der Waals surface area contributed by atoms with Gasteiger partial charge in [0.2, 0.25) is 10.0 Å². The van der Waals surface area contributed by atoms with Gasteiger partial charge in [-0.3, -0.25) is 9.69 Å². The van der Waals surface area contributed by atoms with Crippen molar-refractivity contribution in [1.29, 1.82) is 0 Å². The summed E-state index contributed by atoms with van der Waals surface area (Å²) in [4.78, 5) is 16.5. The molecule has 7 nitrogen and oxygen atoms in total.